The van der Waals surface area contributed by atoms with E-state index in [-0.39, 0.29) is 12.5 Å². The monoisotopic (exact) mass is 252 g/mol. The summed E-state index contributed by atoms with van der Waals surface area (Å²) >= 11 is 0. The van der Waals surface area contributed by atoms with Crippen LogP contribution in [0.4, 0.5) is 0 Å². The van der Waals surface area contributed by atoms with E-state index in [4.69, 9.17) is 16.9 Å². The molecule has 4 heteroatoms. The van der Waals surface area contributed by atoms with Crippen molar-refractivity contribution in [1.82, 2.24) is 5.32 Å². The van der Waals surface area contributed by atoms with Crippen LogP contribution in [0.15, 0.2) is 0 Å². The maximum Gasteiger partial charge on any atom is 0.249 e. The van der Waals surface area contributed by atoms with Crippen LogP contribution in [-0.2, 0) is 9.53 Å². The van der Waals surface area contributed by atoms with Crippen molar-refractivity contribution in [3.8, 4) is 12.3 Å². The molecular formula is C14H24N2O2. The molecule has 1 amide bonds. The Morgan fingerprint density at radius 1 is 1.50 bits per heavy atom. The van der Waals surface area contributed by atoms with Crippen LogP contribution in [0.5, 0.6) is 0 Å². The van der Waals surface area contributed by atoms with Gasteiger partial charge in [0.25, 0.3) is 0 Å². The van der Waals surface area contributed by atoms with Crippen LogP contribution in [0.3, 0.4) is 0 Å². The van der Waals surface area contributed by atoms with E-state index in [1.165, 1.54) is 19.3 Å². The van der Waals surface area contributed by atoms with E-state index in [2.05, 4.69) is 11.2 Å². The summed E-state index contributed by atoms with van der Waals surface area (Å²) in [4.78, 5) is 11.6. The fourth-order valence-corrected chi connectivity index (χ4v) is 2.44. The number of carbonyl (C=O) groups is 1. The first-order valence-corrected chi connectivity index (χ1v) is 6.71. The molecule has 4 nitrogen and oxygen atoms in total. The van der Waals surface area contributed by atoms with E-state index in [9.17, 15) is 4.79 Å². The Hall–Kier alpha value is -1.05. The standard InChI is InChI=1S/C14H24N2O2/c1-3-8-16-14(17)11(2)18-10-13-7-5-4-6-12(13)9-15/h1,11-13H,4-10,15H2,2H3,(H,16,17). The Bertz CT molecular complexity index is 299. The predicted molar refractivity (Wildman–Crippen MR) is 71.8 cm³/mol. The number of rotatable bonds is 6. The van der Waals surface area contributed by atoms with Gasteiger partial charge in [-0.15, -0.1) is 6.42 Å². The molecule has 0 spiro atoms. The number of amides is 1. The zero-order valence-corrected chi connectivity index (χ0v) is 11.2. The molecule has 0 radical (unpaired) electrons. The number of ether oxygens (including phenoxy) is 1. The molecule has 18 heavy (non-hydrogen) atoms. The zero-order chi connectivity index (χ0) is 13.4. The number of hydrogen-bond acceptors (Lipinski definition) is 3. The molecule has 1 rings (SSSR count). The lowest BCUT2D eigenvalue weighted by molar-refractivity contribution is -0.132. The molecule has 3 atom stereocenters. The van der Waals surface area contributed by atoms with Gasteiger partial charge < -0.3 is 15.8 Å². The molecule has 1 aliphatic rings. The SMILES string of the molecule is C#CCNC(=O)C(C)OCC1CCCCC1CN. The van der Waals surface area contributed by atoms with Gasteiger partial charge in [0.15, 0.2) is 0 Å². The van der Waals surface area contributed by atoms with Crippen LogP contribution in [0.1, 0.15) is 32.6 Å². The summed E-state index contributed by atoms with van der Waals surface area (Å²) in [5.74, 6) is 3.26. The molecular weight excluding hydrogens is 228 g/mol. The highest BCUT2D eigenvalue weighted by atomic mass is 16.5. The second kappa shape index (κ2) is 8.12. The van der Waals surface area contributed by atoms with Gasteiger partial charge in [-0.3, -0.25) is 4.79 Å². The Kier molecular flexibility index (Phi) is 6.77. The van der Waals surface area contributed by atoms with Crippen LogP contribution in [0, 0.1) is 24.2 Å². The third kappa shape index (κ3) is 4.67. The normalized spacial score (nSPS) is 25.2. The molecule has 102 valence electrons. The first-order chi connectivity index (χ1) is 8.69. The van der Waals surface area contributed by atoms with Crippen molar-refractivity contribution in [2.75, 3.05) is 19.7 Å². The summed E-state index contributed by atoms with van der Waals surface area (Å²) in [6, 6.07) is 0. The quantitative estimate of drug-likeness (QED) is 0.691. The molecule has 0 aromatic carbocycles. The number of terminal acetylenes is 1. The number of nitrogens with two attached hydrogens (primary N) is 1. The highest BCUT2D eigenvalue weighted by molar-refractivity contribution is 5.80. The van der Waals surface area contributed by atoms with Crippen molar-refractivity contribution in [1.29, 1.82) is 0 Å². The fraction of sp³-hybridized carbons (Fsp3) is 0.786. The molecule has 0 aromatic heterocycles. The van der Waals surface area contributed by atoms with Crippen LogP contribution < -0.4 is 11.1 Å². The molecule has 0 aliphatic heterocycles. The van der Waals surface area contributed by atoms with Gasteiger partial charge in [-0.1, -0.05) is 18.8 Å². The molecule has 1 saturated carbocycles. The van der Waals surface area contributed by atoms with Crippen molar-refractivity contribution in [3.05, 3.63) is 0 Å². The van der Waals surface area contributed by atoms with Crippen molar-refractivity contribution < 1.29 is 9.53 Å². The van der Waals surface area contributed by atoms with Gasteiger partial charge in [0, 0.05) is 0 Å². The van der Waals surface area contributed by atoms with Crippen LogP contribution >= 0.6 is 0 Å². The molecule has 3 unspecified atom stereocenters. The van der Waals surface area contributed by atoms with Gasteiger partial charge in [-0.25, -0.2) is 0 Å². The van der Waals surface area contributed by atoms with Crippen LogP contribution in [0.25, 0.3) is 0 Å². The maximum atomic E-state index is 11.6. The van der Waals surface area contributed by atoms with Gasteiger partial charge in [0.1, 0.15) is 6.10 Å². The second-order valence-corrected chi connectivity index (χ2v) is 4.94. The molecule has 0 heterocycles. The molecule has 0 bridgehead atoms. The smallest absolute Gasteiger partial charge is 0.249 e. The van der Waals surface area contributed by atoms with Gasteiger partial charge in [-0.05, 0) is 38.1 Å². The molecule has 0 saturated heterocycles. The summed E-state index contributed by atoms with van der Waals surface area (Å²) in [6.45, 7) is 3.34. The van der Waals surface area contributed by atoms with Gasteiger partial charge >= 0.3 is 0 Å². The topological polar surface area (TPSA) is 64.3 Å². The van der Waals surface area contributed by atoms with Crippen molar-refractivity contribution in [3.63, 3.8) is 0 Å². The fourth-order valence-electron chi connectivity index (χ4n) is 2.44. The maximum absolute atomic E-state index is 11.6. The molecule has 1 aliphatic carbocycles. The predicted octanol–water partition coefficient (Wildman–Crippen LogP) is 0.906. The summed E-state index contributed by atoms with van der Waals surface area (Å²) in [7, 11) is 0. The van der Waals surface area contributed by atoms with Gasteiger partial charge in [0.2, 0.25) is 5.91 Å². The van der Waals surface area contributed by atoms with E-state index in [1.54, 1.807) is 6.92 Å². The Morgan fingerprint density at radius 3 is 2.78 bits per heavy atom. The second-order valence-electron chi connectivity index (χ2n) is 4.94. The molecule has 1 fully saturated rings. The average Bonchev–Trinajstić information content (AvgIpc) is 2.42. The lowest BCUT2D eigenvalue weighted by atomic mass is 9.80. The summed E-state index contributed by atoms with van der Waals surface area (Å²) in [5.41, 5.74) is 5.77. The third-order valence-corrected chi connectivity index (χ3v) is 3.66. The number of carbonyl (C=O) groups excluding carboxylic acids is 1. The highest BCUT2D eigenvalue weighted by Crippen LogP contribution is 2.29. The minimum atomic E-state index is -0.446. The lowest BCUT2D eigenvalue weighted by Gasteiger charge is -2.31. The lowest BCUT2D eigenvalue weighted by Crippen LogP contribution is -2.37. The van der Waals surface area contributed by atoms with E-state index < -0.39 is 6.10 Å². The minimum Gasteiger partial charge on any atom is -0.368 e. The Balaban J connectivity index is 2.30. The Labute approximate surface area is 110 Å². The molecule has 0 aromatic rings. The van der Waals surface area contributed by atoms with Crippen molar-refractivity contribution in [2.45, 2.75) is 38.7 Å². The first-order valence-electron chi connectivity index (χ1n) is 6.71. The summed E-state index contributed by atoms with van der Waals surface area (Å²) in [5, 5.41) is 2.62. The zero-order valence-electron chi connectivity index (χ0n) is 11.2. The number of nitrogens with one attached hydrogen (secondary N) is 1. The van der Waals surface area contributed by atoms with Crippen molar-refractivity contribution >= 4 is 5.91 Å². The van der Waals surface area contributed by atoms with E-state index in [1.807, 2.05) is 0 Å². The van der Waals surface area contributed by atoms with Crippen LogP contribution in [0.2, 0.25) is 0 Å². The van der Waals surface area contributed by atoms with E-state index >= 15 is 0 Å². The summed E-state index contributed by atoms with van der Waals surface area (Å²) in [6.07, 6.45) is 9.47. The van der Waals surface area contributed by atoms with E-state index in [0.717, 1.165) is 6.42 Å². The minimum absolute atomic E-state index is 0.145. The van der Waals surface area contributed by atoms with Crippen molar-refractivity contribution in [2.24, 2.45) is 17.6 Å². The largest absolute Gasteiger partial charge is 0.368 e. The van der Waals surface area contributed by atoms with Gasteiger partial charge in [-0.2, -0.15) is 0 Å². The third-order valence-electron chi connectivity index (χ3n) is 3.66. The summed E-state index contributed by atoms with van der Waals surface area (Å²) < 4.78 is 5.64. The Morgan fingerprint density at radius 2 is 2.17 bits per heavy atom. The average molecular weight is 252 g/mol. The number of hydrogen-bond donors (Lipinski definition) is 2. The molecule has 3 N–H and O–H groups in total. The van der Waals surface area contributed by atoms with Gasteiger partial charge in [0.05, 0.1) is 13.2 Å². The van der Waals surface area contributed by atoms with E-state index in [0.29, 0.717) is 25.0 Å². The van der Waals surface area contributed by atoms with Crippen LogP contribution in [-0.4, -0.2) is 31.7 Å². The first kappa shape index (κ1) is 15.0. The highest BCUT2D eigenvalue weighted by Gasteiger charge is 2.25.